The van der Waals surface area contributed by atoms with Gasteiger partial charge in [-0.1, -0.05) is 55.8 Å². The Morgan fingerprint density at radius 2 is 1.88 bits per heavy atom. The number of benzene rings is 2. The van der Waals surface area contributed by atoms with E-state index in [-0.39, 0.29) is 5.91 Å². The zero-order chi connectivity index (χ0) is 17.9. The van der Waals surface area contributed by atoms with Gasteiger partial charge in [-0.05, 0) is 24.1 Å². The number of hydrogen-bond donors (Lipinski definition) is 1. The molecule has 1 unspecified atom stereocenters. The molecule has 1 N–H and O–H groups in total. The summed E-state index contributed by atoms with van der Waals surface area (Å²) in [5.41, 5.74) is 4.12. The molecular weight excluding hydrogens is 316 g/mol. The van der Waals surface area contributed by atoms with Crippen LogP contribution in [0.25, 0.3) is 0 Å². The van der Waals surface area contributed by atoms with Crippen LogP contribution in [0.15, 0.2) is 59.7 Å². The number of carbonyl (C=O) groups is 1. The van der Waals surface area contributed by atoms with Gasteiger partial charge in [-0.15, -0.1) is 0 Å². The highest BCUT2D eigenvalue weighted by molar-refractivity contribution is 5.86. The maximum absolute atomic E-state index is 12.3. The zero-order valence-electron chi connectivity index (χ0n) is 14.6. The third-order valence-electron chi connectivity index (χ3n) is 3.63. The quantitative estimate of drug-likeness (QED) is 0.430. The van der Waals surface area contributed by atoms with Crippen molar-refractivity contribution in [3.63, 3.8) is 0 Å². The summed E-state index contributed by atoms with van der Waals surface area (Å²) in [6.07, 6.45) is 2.95. The number of nitrogens with zero attached hydrogens (tertiary/aromatic N) is 1. The SMILES string of the molecule is CCCCOc1ccccc1/C=N/NC(=O)C(OC)c1ccccc1. The van der Waals surface area contributed by atoms with Gasteiger partial charge in [0.05, 0.1) is 12.8 Å². The summed E-state index contributed by atoms with van der Waals surface area (Å²) in [6, 6.07) is 16.9. The van der Waals surface area contributed by atoms with Gasteiger partial charge in [-0.25, -0.2) is 5.43 Å². The summed E-state index contributed by atoms with van der Waals surface area (Å²) < 4.78 is 11.0. The molecule has 5 nitrogen and oxygen atoms in total. The summed E-state index contributed by atoms with van der Waals surface area (Å²) >= 11 is 0. The Morgan fingerprint density at radius 1 is 1.16 bits per heavy atom. The zero-order valence-corrected chi connectivity index (χ0v) is 14.6. The Labute approximate surface area is 148 Å². The molecule has 2 aromatic rings. The molecule has 0 bridgehead atoms. The average Bonchev–Trinajstić information content (AvgIpc) is 2.65. The first kappa shape index (κ1) is 18.7. The second kappa shape index (κ2) is 10.3. The van der Waals surface area contributed by atoms with E-state index < -0.39 is 6.10 Å². The number of methoxy groups -OCH3 is 1. The van der Waals surface area contributed by atoms with E-state index >= 15 is 0 Å². The van der Waals surface area contributed by atoms with Gasteiger partial charge in [0, 0.05) is 12.7 Å². The molecule has 0 fully saturated rings. The second-order valence-corrected chi connectivity index (χ2v) is 5.50. The Kier molecular flexibility index (Phi) is 7.66. The van der Waals surface area contributed by atoms with E-state index in [1.807, 2.05) is 54.6 Å². The van der Waals surface area contributed by atoms with Gasteiger partial charge in [0.2, 0.25) is 0 Å². The molecule has 0 heterocycles. The highest BCUT2D eigenvalue weighted by atomic mass is 16.5. The van der Waals surface area contributed by atoms with Crippen LogP contribution in [0.2, 0.25) is 0 Å². The van der Waals surface area contributed by atoms with Crippen LogP contribution in [-0.2, 0) is 9.53 Å². The van der Waals surface area contributed by atoms with Crippen molar-refractivity contribution in [3.8, 4) is 5.75 Å². The lowest BCUT2D eigenvalue weighted by Crippen LogP contribution is -2.26. The lowest BCUT2D eigenvalue weighted by molar-refractivity contribution is -0.131. The molecule has 0 spiro atoms. The molecule has 1 atom stereocenters. The van der Waals surface area contributed by atoms with Gasteiger partial charge >= 0.3 is 0 Å². The monoisotopic (exact) mass is 340 g/mol. The largest absolute Gasteiger partial charge is 0.493 e. The number of nitrogens with one attached hydrogen (secondary N) is 1. The van der Waals surface area contributed by atoms with Crippen LogP contribution in [0, 0.1) is 0 Å². The minimum Gasteiger partial charge on any atom is -0.493 e. The summed E-state index contributed by atoms with van der Waals surface area (Å²) in [5, 5.41) is 4.04. The van der Waals surface area contributed by atoms with E-state index in [9.17, 15) is 4.79 Å². The van der Waals surface area contributed by atoms with Crippen molar-refractivity contribution < 1.29 is 14.3 Å². The minimum atomic E-state index is -0.700. The number of ether oxygens (including phenoxy) is 2. The van der Waals surface area contributed by atoms with Crippen LogP contribution in [0.3, 0.4) is 0 Å². The Bertz CT molecular complexity index is 686. The molecule has 1 amide bonds. The summed E-state index contributed by atoms with van der Waals surface area (Å²) in [7, 11) is 1.50. The predicted molar refractivity (Wildman–Crippen MR) is 98.8 cm³/mol. The maximum Gasteiger partial charge on any atom is 0.273 e. The molecule has 0 aliphatic carbocycles. The standard InChI is InChI=1S/C20H24N2O3/c1-3-4-14-25-18-13-9-8-12-17(18)15-21-22-20(23)19(24-2)16-10-6-5-7-11-16/h5-13,15,19H,3-4,14H2,1-2H3,(H,22,23)/b21-15+. The normalized spacial score (nSPS) is 12.1. The average molecular weight is 340 g/mol. The summed E-state index contributed by atoms with van der Waals surface area (Å²) in [5.74, 6) is 0.426. The van der Waals surface area contributed by atoms with Crippen molar-refractivity contribution in [3.05, 3.63) is 65.7 Å². The molecule has 5 heteroatoms. The van der Waals surface area contributed by atoms with Gasteiger partial charge in [-0.2, -0.15) is 5.10 Å². The van der Waals surface area contributed by atoms with E-state index in [2.05, 4.69) is 17.5 Å². The second-order valence-electron chi connectivity index (χ2n) is 5.50. The van der Waals surface area contributed by atoms with Crippen molar-refractivity contribution in [2.75, 3.05) is 13.7 Å². The molecular formula is C20H24N2O3. The molecule has 2 aromatic carbocycles. The van der Waals surface area contributed by atoms with Gasteiger partial charge in [-0.3, -0.25) is 4.79 Å². The molecule has 0 saturated carbocycles. The summed E-state index contributed by atoms with van der Waals surface area (Å²) in [6.45, 7) is 2.78. The van der Waals surface area contributed by atoms with E-state index in [1.54, 1.807) is 6.21 Å². The molecule has 0 aliphatic heterocycles. The number of unbranched alkanes of at least 4 members (excludes halogenated alkanes) is 1. The van der Waals surface area contributed by atoms with Crippen LogP contribution < -0.4 is 10.2 Å². The third kappa shape index (κ3) is 5.72. The maximum atomic E-state index is 12.3. The van der Waals surface area contributed by atoms with E-state index in [1.165, 1.54) is 7.11 Å². The van der Waals surface area contributed by atoms with Crippen molar-refractivity contribution in [2.45, 2.75) is 25.9 Å². The number of amides is 1. The van der Waals surface area contributed by atoms with Crippen LogP contribution in [0.1, 0.15) is 37.0 Å². The van der Waals surface area contributed by atoms with Crippen LogP contribution in [0.5, 0.6) is 5.75 Å². The summed E-state index contributed by atoms with van der Waals surface area (Å²) in [4.78, 5) is 12.3. The van der Waals surface area contributed by atoms with Gasteiger partial charge in [0.25, 0.3) is 5.91 Å². The molecule has 0 aromatic heterocycles. The van der Waals surface area contributed by atoms with Crippen molar-refractivity contribution in [1.29, 1.82) is 0 Å². The van der Waals surface area contributed by atoms with Crippen LogP contribution in [0.4, 0.5) is 0 Å². The van der Waals surface area contributed by atoms with Crippen LogP contribution in [-0.4, -0.2) is 25.8 Å². The number of hydrazone groups is 1. The molecule has 0 aliphatic rings. The van der Waals surface area contributed by atoms with Gasteiger partial charge in [0.15, 0.2) is 6.10 Å². The first-order valence-corrected chi connectivity index (χ1v) is 8.38. The lowest BCUT2D eigenvalue weighted by atomic mass is 10.1. The minimum absolute atomic E-state index is 0.325. The van der Waals surface area contributed by atoms with Crippen LogP contribution >= 0.6 is 0 Å². The van der Waals surface area contributed by atoms with Crippen molar-refractivity contribution in [2.24, 2.45) is 5.10 Å². The van der Waals surface area contributed by atoms with Crippen molar-refractivity contribution in [1.82, 2.24) is 5.43 Å². The van der Waals surface area contributed by atoms with Gasteiger partial charge < -0.3 is 9.47 Å². The smallest absolute Gasteiger partial charge is 0.273 e. The molecule has 132 valence electrons. The fraction of sp³-hybridized carbons (Fsp3) is 0.300. The number of rotatable bonds is 9. The first-order chi connectivity index (χ1) is 12.3. The molecule has 0 radical (unpaired) electrons. The van der Waals surface area contributed by atoms with E-state index in [0.717, 1.165) is 29.7 Å². The predicted octanol–water partition coefficient (Wildman–Crippen LogP) is 3.70. The van der Waals surface area contributed by atoms with Crippen molar-refractivity contribution >= 4 is 12.1 Å². The Hall–Kier alpha value is -2.66. The molecule has 2 rings (SSSR count). The fourth-order valence-electron chi connectivity index (χ4n) is 2.29. The Morgan fingerprint density at radius 3 is 2.60 bits per heavy atom. The highest BCUT2D eigenvalue weighted by Crippen LogP contribution is 2.17. The first-order valence-electron chi connectivity index (χ1n) is 8.38. The molecule has 0 saturated heterocycles. The number of carbonyl (C=O) groups excluding carboxylic acids is 1. The molecule has 25 heavy (non-hydrogen) atoms. The topological polar surface area (TPSA) is 59.9 Å². The fourth-order valence-corrected chi connectivity index (χ4v) is 2.29. The van der Waals surface area contributed by atoms with Gasteiger partial charge in [0.1, 0.15) is 5.75 Å². The third-order valence-corrected chi connectivity index (χ3v) is 3.63. The number of hydrogen-bond acceptors (Lipinski definition) is 4. The number of para-hydroxylation sites is 1. The highest BCUT2D eigenvalue weighted by Gasteiger charge is 2.19. The van der Waals surface area contributed by atoms with E-state index in [0.29, 0.717) is 6.61 Å². The lowest BCUT2D eigenvalue weighted by Gasteiger charge is -2.13. The van der Waals surface area contributed by atoms with E-state index in [4.69, 9.17) is 9.47 Å². The Balaban J connectivity index is 1.99.